The van der Waals surface area contributed by atoms with Gasteiger partial charge >= 0.3 is 0 Å². The summed E-state index contributed by atoms with van der Waals surface area (Å²) in [5.74, 6) is 1.83. The Hall–Kier alpha value is -1.62. The van der Waals surface area contributed by atoms with Crippen LogP contribution in [0.4, 0.5) is 0 Å². The maximum atomic E-state index is 5.58. The summed E-state index contributed by atoms with van der Waals surface area (Å²) >= 11 is 4.80. The van der Waals surface area contributed by atoms with E-state index in [1.54, 1.807) is 0 Å². The predicted molar refractivity (Wildman–Crippen MR) is 77.0 cm³/mol. The molecule has 0 spiro atoms. The Morgan fingerprint density at radius 3 is 3.06 bits per heavy atom. The van der Waals surface area contributed by atoms with Crippen LogP contribution in [0.15, 0.2) is 18.2 Å². The zero-order valence-electron chi connectivity index (χ0n) is 10.4. The van der Waals surface area contributed by atoms with Crippen LogP contribution in [0.5, 0.6) is 5.75 Å². The molecule has 3 N–H and O–H groups in total. The van der Waals surface area contributed by atoms with E-state index in [1.807, 2.05) is 18.2 Å². The molecule has 2 aromatic rings. The van der Waals surface area contributed by atoms with Gasteiger partial charge in [0.05, 0.1) is 22.6 Å². The fraction of sp³-hybridized carbons (Fsp3) is 0.385. The quantitative estimate of drug-likeness (QED) is 0.786. The lowest BCUT2D eigenvalue weighted by Crippen LogP contribution is -2.12. The number of hydrogen-bond acceptors (Lipinski definition) is 3. The highest BCUT2D eigenvalue weighted by Gasteiger charge is 2.03. The number of hydrogen-bond donors (Lipinski definition) is 2. The third kappa shape index (κ3) is 3.20. The maximum absolute atomic E-state index is 5.58. The molecular weight excluding hydrogens is 246 g/mol. The molecule has 1 heterocycles. The highest BCUT2D eigenvalue weighted by molar-refractivity contribution is 7.80. The molecule has 4 nitrogen and oxygen atoms in total. The van der Waals surface area contributed by atoms with E-state index in [2.05, 4.69) is 16.9 Å². The van der Waals surface area contributed by atoms with Crippen molar-refractivity contribution in [1.29, 1.82) is 0 Å². The molecule has 2 rings (SSSR count). The van der Waals surface area contributed by atoms with Gasteiger partial charge in [-0.1, -0.05) is 19.1 Å². The fourth-order valence-electron chi connectivity index (χ4n) is 1.76. The highest BCUT2D eigenvalue weighted by Crippen LogP contribution is 2.19. The largest absolute Gasteiger partial charge is 0.493 e. The van der Waals surface area contributed by atoms with E-state index in [1.165, 1.54) is 0 Å². The van der Waals surface area contributed by atoms with E-state index in [0.29, 0.717) is 18.0 Å². The molecule has 1 aromatic heterocycles. The Kier molecular flexibility index (Phi) is 4.15. The number of aromatic amines is 1. The van der Waals surface area contributed by atoms with Crippen molar-refractivity contribution in [2.24, 2.45) is 5.73 Å². The number of aryl methyl sites for hydroxylation is 1. The van der Waals surface area contributed by atoms with Crippen LogP contribution >= 0.6 is 12.2 Å². The number of imidazole rings is 1. The van der Waals surface area contributed by atoms with Gasteiger partial charge in [0, 0.05) is 18.9 Å². The highest BCUT2D eigenvalue weighted by atomic mass is 32.1. The summed E-state index contributed by atoms with van der Waals surface area (Å²) in [5, 5.41) is 0. The first-order chi connectivity index (χ1) is 8.69. The first-order valence-electron chi connectivity index (χ1n) is 6.09. The summed E-state index contributed by atoms with van der Waals surface area (Å²) in [6.07, 6.45) is 2.64. The Balaban J connectivity index is 2.09. The van der Waals surface area contributed by atoms with Crippen molar-refractivity contribution < 1.29 is 4.74 Å². The van der Waals surface area contributed by atoms with E-state index in [-0.39, 0.29) is 0 Å². The lowest BCUT2D eigenvalue weighted by Gasteiger charge is -2.04. The van der Waals surface area contributed by atoms with Gasteiger partial charge < -0.3 is 15.5 Å². The van der Waals surface area contributed by atoms with Gasteiger partial charge in [-0.15, -0.1) is 0 Å². The smallest absolute Gasteiger partial charge is 0.121 e. The van der Waals surface area contributed by atoms with Gasteiger partial charge in [-0.3, -0.25) is 0 Å². The normalized spacial score (nSPS) is 10.7. The summed E-state index contributed by atoms with van der Waals surface area (Å²) < 4.78 is 5.58. The summed E-state index contributed by atoms with van der Waals surface area (Å²) in [6, 6.07) is 5.83. The van der Waals surface area contributed by atoms with Gasteiger partial charge in [0.25, 0.3) is 0 Å². The number of ether oxygens (including phenoxy) is 1. The van der Waals surface area contributed by atoms with Crippen molar-refractivity contribution in [3.05, 3.63) is 24.0 Å². The number of nitrogens with zero attached hydrogens (tertiary/aromatic N) is 1. The third-order valence-corrected chi connectivity index (χ3v) is 2.81. The Morgan fingerprint density at radius 1 is 1.50 bits per heavy atom. The number of benzene rings is 1. The van der Waals surface area contributed by atoms with E-state index >= 15 is 0 Å². The van der Waals surface area contributed by atoms with Crippen molar-refractivity contribution in [2.75, 3.05) is 6.61 Å². The topological polar surface area (TPSA) is 63.9 Å². The average Bonchev–Trinajstić information content (AvgIpc) is 2.70. The van der Waals surface area contributed by atoms with Crippen molar-refractivity contribution >= 4 is 28.2 Å². The second-order valence-electron chi connectivity index (χ2n) is 4.18. The fourth-order valence-corrected chi connectivity index (χ4v) is 1.84. The standard InChI is InChI=1S/C13H17N3OS/c1-2-3-13-15-10-5-4-9(8-11(10)16-13)17-7-6-12(14)18/h4-5,8H,2-3,6-7H2,1H3,(H2,14,18)(H,15,16). The minimum atomic E-state index is 0.475. The number of H-pyrrole nitrogens is 1. The maximum Gasteiger partial charge on any atom is 0.121 e. The molecule has 0 aliphatic rings. The zero-order chi connectivity index (χ0) is 13.0. The van der Waals surface area contributed by atoms with Gasteiger partial charge in [-0.25, -0.2) is 4.98 Å². The van der Waals surface area contributed by atoms with Crippen LogP contribution in [0.2, 0.25) is 0 Å². The molecule has 0 radical (unpaired) electrons. The van der Waals surface area contributed by atoms with E-state index in [0.717, 1.165) is 35.4 Å². The van der Waals surface area contributed by atoms with E-state index < -0.39 is 0 Å². The number of nitrogens with two attached hydrogens (primary N) is 1. The summed E-state index contributed by atoms with van der Waals surface area (Å²) in [4.78, 5) is 8.27. The molecule has 0 unspecified atom stereocenters. The average molecular weight is 263 g/mol. The lowest BCUT2D eigenvalue weighted by atomic mass is 10.3. The van der Waals surface area contributed by atoms with Crippen LogP contribution in [0.3, 0.4) is 0 Å². The van der Waals surface area contributed by atoms with Gasteiger partial charge in [-0.2, -0.15) is 0 Å². The summed E-state index contributed by atoms with van der Waals surface area (Å²) in [5.41, 5.74) is 7.40. The second kappa shape index (κ2) is 5.82. The van der Waals surface area contributed by atoms with Crippen molar-refractivity contribution in [3.8, 4) is 5.75 Å². The first kappa shape index (κ1) is 12.8. The monoisotopic (exact) mass is 263 g/mol. The van der Waals surface area contributed by atoms with Crippen molar-refractivity contribution in [3.63, 3.8) is 0 Å². The number of thiocarbonyl (C=S) groups is 1. The molecule has 0 amide bonds. The second-order valence-corrected chi connectivity index (χ2v) is 4.70. The molecule has 18 heavy (non-hydrogen) atoms. The van der Waals surface area contributed by atoms with Crippen LogP contribution in [-0.2, 0) is 6.42 Å². The molecule has 1 aromatic carbocycles. The summed E-state index contributed by atoms with van der Waals surface area (Å²) in [6.45, 7) is 2.65. The van der Waals surface area contributed by atoms with Gasteiger partial charge in [0.1, 0.15) is 11.6 Å². The number of nitrogens with one attached hydrogen (secondary N) is 1. The zero-order valence-corrected chi connectivity index (χ0v) is 11.2. The number of fused-ring (bicyclic) bond motifs is 1. The Labute approximate surface area is 112 Å². The molecule has 0 aliphatic heterocycles. The molecular formula is C13H17N3OS. The molecule has 5 heteroatoms. The minimum Gasteiger partial charge on any atom is -0.493 e. The third-order valence-electron chi connectivity index (χ3n) is 2.61. The Bertz CT molecular complexity index is 550. The van der Waals surface area contributed by atoms with Crippen LogP contribution < -0.4 is 10.5 Å². The van der Waals surface area contributed by atoms with Crippen LogP contribution in [0.25, 0.3) is 11.0 Å². The van der Waals surface area contributed by atoms with Crippen LogP contribution in [0, 0.1) is 0 Å². The molecule has 0 saturated heterocycles. The Morgan fingerprint density at radius 2 is 2.33 bits per heavy atom. The van der Waals surface area contributed by atoms with Gasteiger partial charge in [-0.05, 0) is 18.6 Å². The van der Waals surface area contributed by atoms with Gasteiger partial charge in [0.15, 0.2) is 0 Å². The molecule has 0 atom stereocenters. The minimum absolute atomic E-state index is 0.475. The van der Waals surface area contributed by atoms with E-state index in [4.69, 9.17) is 22.7 Å². The van der Waals surface area contributed by atoms with Crippen LogP contribution in [-0.4, -0.2) is 21.6 Å². The molecule has 96 valence electrons. The lowest BCUT2D eigenvalue weighted by molar-refractivity contribution is 0.330. The first-order valence-corrected chi connectivity index (χ1v) is 6.49. The molecule has 0 fully saturated rings. The molecule has 0 saturated carbocycles. The van der Waals surface area contributed by atoms with Crippen molar-refractivity contribution in [1.82, 2.24) is 9.97 Å². The summed E-state index contributed by atoms with van der Waals surface area (Å²) in [7, 11) is 0. The molecule has 0 aliphatic carbocycles. The van der Waals surface area contributed by atoms with Crippen molar-refractivity contribution in [2.45, 2.75) is 26.2 Å². The van der Waals surface area contributed by atoms with Gasteiger partial charge in [0.2, 0.25) is 0 Å². The predicted octanol–water partition coefficient (Wildman–Crippen LogP) is 2.57. The van der Waals surface area contributed by atoms with E-state index in [9.17, 15) is 0 Å². The SMILES string of the molecule is CCCc1nc2ccc(OCCC(N)=S)cc2[nH]1. The number of rotatable bonds is 6. The number of aromatic nitrogens is 2. The van der Waals surface area contributed by atoms with Crippen LogP contribution in [0.1, 0.15) is 25.6 Å². The molecule has 0 bridgehead atoms.